The SMILES string of the molecule is CNc1cc(N2CCCC(n3nnc4ccccc43)C2)nc(N)n1. The maximum atomic E-state index is 5.83. The van der Waals surface area contributed by atoms with Gasteiger partial charge in [0, 0.05) is 26.2 Å². The molecule has 1 fully saturated rings. The Morgan fingerprint density at radius 2 is 2.12 bits per heavy atom. The number of anilines is 3. The molecule has 0 spiro atoms. The predicted molar refractivity (Wildman–Crippen MR) is 94.0 cm³/mol. The summed E-state index contributed by atoms with van der Waals surface area (Å²) in [5.41, 5.74) is 7.83. The third-order valence-electron chi connectivity index (χ3n) is 4.43. The Bertz CT molecular complexity index is 858. The molecule has 0 aliphatic carbocycles. The van der Waals surface area contributed by atoms with E-state index < -0.39 is 0 Å². The van der Waals surface area contributed by atoms with E-state index in [1.807, 2.05) is 36.0 Å². The largest absolute Gasteiger partial charge is 0.373 e. The number of para-hydroxylation sites is 1. The highest BCUT2D eigenvalue weighted by Gasteiger charge is 2.25. The molecule has 0 amide bonds. The van der Waals surface area contributed by atoms with Gasteiger partial charge in [-0.2, -0.15) is 9.97 Å². The summed E-state index contributed by atoms with van der Waals surface area (Å²) in [6.45, 7) is 1.77. The quantitative estimate of drug-likeness (QED) is 0.756. The van der Waals surface area contributed by atoms with Crippen LogP contribution in [0, 0.1) is 0 Å². The van der Waals surface area contributed by atoms with Crippen molar-refractivity contribution in [3.05, 3.63) is 30.3 Å². The first kappa shape index (κ1) is 14.7. The molecule has 3 aromatic rings. The van der Waals surface area contributed by atoms with Crippen LogP contribution in [0.1, 0.15) is 18.9 Å². The first-order valence-corrected chi connectivity index (χ1v) is 8.12. The zero-order valence-electron chi connectivity index (χ0n) is 13.6. The van der Waals surface area contributed by atoms with Gasteiger partial charge in [-0.05, 0) is 25.0 Å². The van der Waals surface area contributed by atoms with Crippen molar-refractivity contribution in [3.8, 4) is 0 Å². The molecule has 1 atom stereocenters. The Morgan fingerprint density at radius 3 is 3.00 bits per heavy atom. The normalized spacial score (nSPS) is 18.0. The molecule has 8 heteroatoms. The molecule has 0 saturated carbocycles. The topological polar surface area (TPSA) is 97.8 Å². The lowest BCUT2D eigenvalue weighted by Crippen LogP contribution is -2.37. The summed E-state index contributed by atoms with van der Waals surface area (Å²) in [6, 6.07) is 10.3. The second-order valence-electron chi connectivity index (χ2n) is 5.98. The number of aromatic nitrogens is 5. The van der Waals surface area contributed by atoms with Crippen LogP contribution in [0.3, 0.4) is 0 Å². The molecule has 4 rings (SSSR count). The van der Waals surface area contributed by atoms with E-state index in [1.54, 1.807) is 0 Å². The molecule has 8 nitrogen and oxygen atoms in total. The number of rotatable bonds is 3. The molecule has 1 unspecified atom stereocenters. The molecule has 3 heterocycles. The van der Waals surface area contributed by atoms with Crippen molar-refractivity contribution in [2.75, 3.05) is 36.1 Å². The summed E-state index contributed by atoms with van der Waals surface area (Å²) in [6.07, 6.45) is 2.14. The van der Waals surface area contributed by atoms with E-state index in [2.05, 4.69) is 36.6 Å². The second kappa shape index (κ2) is 5.95. The Labute approximate surface area is 139 Å². The van der Waals surface area contributed by atoms with E-state index in [9.17, 15) is 0 Å². The van der Waals surface area contributed by atoms with E-state index in [1.165, 1.54) is 0 Å². The molecule has 2 aromatic heterocycles. The summed E-state index contributed by atoms with van der Waals surface area (Å²) in [7, 11) is 1.83. The molecular weight excluding hydrogens is 304 g/mol. The van der Waals surface area contributed by atoms with Crippen molar-refractivity contribution < 1.29 is 0 Å². The van der Waals surface area contributed by atoms with E-state index in [-0.39, 0.29) is 12.0 Å². The Kier molecular flexibility index (Phi) is 3.64. The number of nitrogens with one attached hydrogen (secondary N) is 1. The summed E-state index contributed by atoms with van der Waals surface area (Å²) >= 11 is 0. The Balaban J connectivity index is 1.63. The van der Waals surface area contributed by atoms with Gasteiger partial charge in [-0.1, -0.05) is 17.3 Å². The van der Waals surface area contributed by atoms with Crippen molar-refractivity contribution in [3.63, 3.8) is 0 Å². The van der Waals surface area contributed by atoms with Crippen LogP contribution in [-0.2, 0) is 0 Å². The highest BCUT2D eigenvalue weighted by Crippen LogP contribution is 2.28. The van der Waals surface area contributed by atoms with Gasteiger partial charge in [-0.25, -0.2) is 4.68 Å². The van der Waals surface area contributed by atoms with Gasteiger partial charge >= 0.3 is 0 Å². The molecule has 3 N–H and O–H groups in total. The maximum absolute atomic E-state index is 5.83. The molecule has 1 aliphatic rings. The van der Waals surface area contributed by atoms with Crippen molar-refractivity contribution in [2.45, 2.75) is 18.9 Å². The van der Waals surface area contributed by atoms with E-state index in [0.29, 0.717) is 0 Å². The summed E-state index contributed by atoms with van der Waals surface area (Å²) in [5.74, 6) is 1.86. The third kappa shape index (κ3) is 2.60. The number of piperidine rings is 1. The number of nitrogens with two attached hydrogens (primary N) is 1. The van der Waals surface area contributed by atoms with Crippen molar-refractivity contribution >= 4 is 28.6 Å². The summed E-state index contributed by atoms with van der Waals surface area (Å²) in [4.78, 5) is 10.8. The Hall–Kier alpha value is -2.90. The minimum atomic E-state index is 0.264. The van der Waals surface area contributed by atoms with E-state index in [4.69, 9.17) is 5.73 Å². The van der Waals surface area contributed by atoms with Crippen LogP contribution in [0.4, 0.5) is 17.6 Å². The summed E-state index contributed by atoms with van der Waals surface area (Å²) < 4.78 is 2.03. The van der Waals surface area contributed by atoms with Crippen LogP contribution in [-0.4, -0.2) is 45.1 Å². The highest BCUT2D eigenvalue weighted by molar-refractivity contribution is 5.74. The van der Waals surface area contributed by atoms with Gasteiger partial charge < -0.3 is 16.0 Å². The van der Waals surface area contributed by atoms with Gasteiger partial charge in [0.15, 0.2) is 0 Å². The van der Waals surface area contributed by atoms with Gasteiger partial charge in [-0.15, -0.1) is 5.10 Å². The van der Waals surface area contributed by atoms with Gasteiger partial charge in [0.1, 0.15) is 17.2 Å². The number of nitrogens with zero attached hydrogens (tertiary/aromatic N) is 6. The van der Waals surface area contributed by atoms with Gasteiger partial charge in [0.2, 0.25) is 5.95 Å². The first-order valence-electron chi connectivity index (χ1n) is 8.12. The van der Waals surface area contributed by atoms with E-state index in [0.717, 1.165) is 48.6 Å². The minimum Gasteiger partial charge on any atom is -0.373 e. The average Bonchev–Trinajstić information content (AvgIpc) is 3.05. The number of hydrogen-bond acceptors (Lipinski definition) is 7. The van der Waals surface area contributed by atoms with E-state index >= 15 is 0 Å². The highest BCUT2D eigenvalue weighted by atomic mass is 15.4. The van der Waals surface area contributed by atoms with Crippen LogP contribution < -0.4 is 16.0 Å². The van der Waals surface area contributed by atoms with Crippen LogP contribution in [0.15, 0.2) is 30.3 Å². The molecule has 0 bridgehead atoms. The number of fused-ring (bicyclic) bond motifs is 1. The monoisotopic (exact) mass is 324 g/mol. The fourth-order valence-corrected chi connectivity index (χ4v) is 3.26. The molecule has 1 aromatic carbocycles. The zero-order valence-corrected chi connectivity index (χ0v) is 13.6. The second-order valence-corrected chi connectivity index (χ2v) is 5.98. The zero-order chi connectivity index (χ0) is 16.5. The molecule has 1 saturated heterocycles. The van der Waals surface area contributed by atoms with Gasteiger partial charge in [-0.3, -0.25) is 0 Å². The van der Waals surface area contributed by atoms with Gasteiger partial charge in [0.25, 0.3) is 0 Å². The average molecular weight is 324 g/mol. The lowest BCUT2D eigenvalue weighted by Gasteiger charge is -2.33. The standard InChI is InChI=1S/C16H20N8/c1-18-14-9-15(20-16(17)19-14)23-8-4-5-11(10-23)24-13-7-3-2-6-12(13)21-22-24/h2-3,6-7,9,11H,4-5,8,10H2,1H3,(H3,17,18,19,20). The fraction of sp³-hybridized carbons (Fsp3) is 0.375. The van der Waals surface area contributed by atoms with Crippen LogP contribution in [0.5, 0.6) is 0 Å². The molecular formula is C16H20N8. The molecule has 1 aliphatic heterocycles. The molecule has 124 valence electrons. The van der Waals surface area contributed by atoms with Gasteiger partial charge in [0.05, 0.1) is 11.6 Å². The minimum absolute atomic E-state index is 0.264. The van der Waals surface area contributed by atoms with Crippen LogP contribution >= 0.6 is 0 Å². The first-order chi connectivity index (χ1) is 11.7. The number of benzene rings is 1. The smallest absolute Gasteiger partial charge is 0.223 e. The fourth-order valence-electron chi connectivity index (χ4n) is 3.26. The predicted octanol–water partition coefficient (Wildman–Crippen LogP) is 1.69. The van der Waals surface area contributed by atoms with Crippen LogP contribution in [0.2, 0.25) is 0 Å². The lowest BCUT2D eigenvalue weighted by molar-refractivity contribution is 0.377. The lowest BCUT2D eigenvalue weighted by atomic mass is 10.1. The molecule has 0 radical (unpaired) electrons. The maximum Gasteiger partial charge on any atom is 0.223 e. The number of hydrogen-bond donors (Lipinski definition) is 2. The Morgan fingerprint density at radius 1 is 1.25 bits per heavy atom. The van der Waals surface area contributed by atoms with Crippen LogP contribution in [0.25, 0.3) is 11.0 Å². The number of nitrogen functional groups attached to an aromatic ring is 1. The molecule has 24 heavy (non-hydrogen) atoms. The van der Waals surface area contributed by atoms with Crippen molar-refractivity contribution in [1.29, 1.82) is 0 Å². The van der Waals surface area contributed by atoms with Crippen molar-refractivity contribution in [1.82, 2.24) is 25.0 Å². The third-order valence-corrected chi connectivity index (χ3v) is 4.43. The summed E-state index contributed by atoms with van der Waals surface area (Å²) in [5, 5.41) is 11.7. The van der Waals surface area contributed by atoms with Crippen molar-refractivity contribution in [2.24, 2.45) is 0 Å².